The summed E-state index contributed by atoms with van der Waals surface area (Å²) >= 11 is 0. The average molecular weight is 300 g/mol. The molecule has 2 unspecified atom stereocenters. The zero-order valence-electron chi connectivity index (χ0n) is 11.8. The summed E-state index contributed by atoms with van der Waals surface area (Å²) in [6.45, 7) is 2.58. The molecule has 0 aliphatic heterocycles. The summed E-state index contributed by atoms with van der Waals surface area (Å²) in [4.78, 5) is -0.264. The molecule has 0 spiro atoms. The first kappa shape index (κ1) is 15.4. The first-order valence-electron chi connectivity index (χ1n) is 6.93. The monoisotopic (exact) mass is 300 g/mol. The largest absolute Gasteiger partial charge is 0.316 e. The maximum absolute atomic E-state index is 13.9. The summed E-state index contributed by atoms with van der Waals surface area (Å²) < 4.78 is 40.8. The minimum absolute atomic E-state index is 0.0312. The Labute approximate surface area is 119 Å². The van der Waals surface area contributed by atoms with Crippen LogP contribution in [0.3, 0.4) is 0 Å². The van der Waals surface area contributed by atoms with Gasteiger partial charge in [-0.15, -0.1) is 0 Å². The van der Waals surface area contributed by atoms with Gasteiger partial charge in [0, 0.05) is 12.6 Å². The van der Waals surface area contributed by atoms with Crippen LogP contribution in [0, 0.1) is 11.7 Å². The minimum atomic E-state index is -3.76. The highest BCUT2D eigenvalue weighted by Crippen LogP contribution is 2.35. The Morgan fingerprint density at radius 2 is 2.15 bits per heavy atom. The lowest BCUT2D eigenvalue weighted by Gasteiger charge is -2.09. The van der Waals surface area contributed by atoms with Gasteiger partial charge >= 0.3 is 0 Å². The van der Waals surface area contributed by atoms with Crippen molar-refractivity contribution in [1.29, 1.82) is 0 Å². The van der Waals surface area contributed by atoms with Gasteiger partial charge in [0.25, 0.3) is 0 Å². The molecule has 1 aliphatic rings. The van der Waals surface area contributed by atoms with Gasteiger partial charge in [-0.05, 0) is 43.5 Å². The Hall–Kier alpha value is -0.980. The van der Waals surface area contributed by atoms with E-state index in [0.29, 0.717) is 12.5 Å². The first-order chi connectivity index (χ1) is 9.47. The number of hydrogen-bond acceptors (Lipinski definition) is 3. The molecule has 0 amide bonds. The van der Waals surface area contributed by atoms with Crippen molar-refractivity contribution < 1.29 is 12.8 Å². The topological polar surface area (TPSA) is 58.2 Å². The summed E-state index contributed by atoms with van der Waals surface area (Å²) in [5.74, 6) is -0.292. The maximum atomic E-state index is 13.9. The number of sulfonamides is 1. The highest BCUT2D eigenvalue weighted by molar-refractivity contribution is 7.89. The van der Waals surface area contributed by atoms with Gasteiger partial charge in [0.15, 0.2) is 0 Å². The molecule has 0 heterocycles. The number of rotatable bonds is 7. The molecule has 112 valence electrons. The summed E-state index contributed by atoms with van der Waals surface area (Å²) in [5.41, 5.74) is 0.722. The van der Waals surface area contributed by atoms with Gasteiger partial charge in [0.05, 0.1) is 0 Å². The van der Waals surface area contributed by atoms with Crippen molar-refractivity contribution in [1.82, 2.24) is 10.0 Å². The molecule has 20 heavy (non-hydrogen) atoms. The van der Waals surface area contributed by atoms with E-state index < -0.39 is 15.8 Å². The SMILES string of the molecule is CCCC1CC1NS(=O)(=O)c1ccc(CNC)cc1F. The Balaban J connectivity index is 2.10. The van der Waals surface area contributed by atoms with Gasteiger partial charge in [0.2, 0.25) is 10.0 Å². The lowest BCUT2D eigenvalue weighted by atomic mass is 10.2. The Kier molecular flexibility index (Phi) is 4.78. The van der Waals surface area contributed by atoms with Crippen LogP contribution >= 0.6 is 0 Å². The van der Waals surface area contributed by atoms with Crippen molar-refractivity contribution >= 4 is 10.0 Å². The van der Waals surface area contributed by atoms with E-state index in [2.05, 4.69) is 17.0 Å². The second-order valence-electron chi connectivity index (χ2n) is 5.31. The van der Waals surface area contributed by atoms with E-state index in [4.69, 9.17) is 0 Å². The molecule has 6 heteroatoms. The van der Waals surface area contributed by atoms with Crippen LogP contribution in [0.25, 0.3) is 0 Å². The lowest BCUT2D eigenvalue weighted by molar-refractivity contribution is 0.550. The normalized spacial score (nSPS) is 21.9. The molecule has 4 nitrogen and oxygen atoms in total. The van der Waals surface area contributed by atoms with Crippen molar-refractivity contribution in [3.8, 4) is 0 Å². The number of hydrogen-bond donors (Lipinski definition) is 2. The van der Waals surface area contributed by atoms with Crippen molar-refractivity contribution in [3.63, 3.8) is 0 Å². The third kappa shape index (κ3) is 3.56. The lowest BCUT2D eigenvalue weighted by Crippen LogP contribution is -2.28. The molecular weight excluding hydrogens is 279 g/mol. The fraction of sp³-hybridized carbons (Fsp3) is 0.571. The van der Waals surface area contributed by atoms with Crippen LogP contribution < -0.4 is 10.0 Å². The van der Waals surface area contributed by atoms with Crippen molar-refractivity contribution in [2.45, 2.75) is 43.7 Å². The van der Waals surface area contributed by atoms with Gasteiger partial charge < -0.3 is 5.32 Å². The van der Waals surface area contributed by atoms with E-state index in [1.807, 2.05) is 0 Å². The van der Waals surface area contributed by atoms with E-state index in [9.17, 15) is 12.8 Å². The number of nitrogens with one attached hydrogen (secondary N) is 2. The van der Waals surface area contributed by atoms with Crippen molar-refractivity contribution in [2.75, 3.05) is 7.05 Å². The van der Waals surface area contributed by atoms with Crippen molar-refractivity contribution in [3.05, 3.63) is 29.6 Å². The van der Waals surface area contributed by atoms with Gasteiger partial charge in [-0.2, -0.15) is 0 Å². The number of halogens is 1. The van der Waals surface area contributed by atoms with Gasteiger partial charge in [-0.1, -0.05) is 19.4 Å². The zero-order chi connectivity index (χ0) is 14.8. The van der Waals surface area contributed by atoms with Gasteiger partial charge in [-0.3, -0.25) is 0 Å². The Morgan fingerprint density at radius 1 is 1.40 bits per heavy atom. The highest BCUT2D eigenvalue weighted by atomic mass is 32.2. The van der Waals surface area contributed by atoms with Crippen LogP contribution in [0.15, 0.2) is 23.1 Å². The molecule has 1 fully saturated rings. The van der Waals surface area contributed by atoms with E-state index in [0.717, 1.165) is 24.8 Å². The summed E-state index contributed by atoms with van der Waals surface area (Å²) in [6, 6.07) is 4.20. The molecule has 0 saturated heterocycles. The predicted molar refractivity (Wildman–Crippen MR) is 76.3 cm³/mol. The van der Waals surface area contributed by atoms with Crippen LogP contribution in [-0.4, -0.2) is 21.5 Å². The highest BCUT2D eigenvalue weighted by Gasteiger charge is 2.39. The molecule has 2 rings (SSSR count). The molecule has 0 radical (unpaired) electrons. The van der Waals surface area contributed by atoms with E-state index in [1.165, 1.54) is 12.1 Å². The molecule has 1 saturated carbocycles. The summed E-state index contributed by atoms with van der Waals surface area (Å²) in [7, 11) is -2.00. The van der Waals surface area contributed by atoms with Crippen LogP contribution in [0.5, 0.6) is 0 Å². The zero-order valence-corrected chi connectivity index (χ0v) is 12.6. The van der Waals surface area contributed by atoms with Crippen molar-refractivity contribution in [2.24, 2.45) is 5.92 Å². The van der Waals surface area contributed by atoms with Crippen LogP contribution in [-0.2, 0) is 16.6 Å². The predicted octanol–water partition coefficient (Wildman–Crippen LogP) is 2.01. The van der Waals surface area contributed by atoms with E-state index in [1.54, 1.807) is 13.1 Å². The second kappa shape index (κ2) is 6.20. The third-order valence-electron chi connectivity index (χ3n) is 3.56. The fourth-order valence-corrected chi connectivity index (χ4v) is 3.80. The molecule has 1 aromatic rings. The first-order valence-corrected chi connectivity index (χ1v) is 8.41. The average Bonchev–Trinajstić information content (AvgIpc) is 3.07. The minimum Gasteiger partial charge on any atom is -0.316 e. The second-order valence-corrected chi connectivity index (χ2v) is 6.99. The smallest absolute Gasteiger partial charge is 0.243 e. The molecule has 0 aromatic heterocycles. The number of benzene rings is 1. The van der Waals surface area contributed by atoms with E-state index in [-0.39, 0.29) is 10.9 Å². The summed E-state index contributed by atoms with van der Waals surface area (Å²) in [5, 5.41) is 2.90. The quantitative estimate of drug-likeness (QED) is 0.810. The summed E-state index contributed by atoms with van der Waals surface area (Å²) in [6.07, 6.45) is 2.90. The standard InChI is InChI=1S/C14H21FN2O2S/c1-3-4-11-8-13(11)17-20(18,19)14-6-5-10(9-16-2)7-12(14)15/h5-7,11,13,16-17H,3-4,8-9H2,1-2H3. The molecule has 1 aromatic carbocycles. The van der Waals surface area contributed by atoms with Crippen LogP contribution in [0.1, 0.15) is 31.7 Å². The third-order valence-corrected chi connectivity index (χ3v) is 5.08. The molecule has 2 atom stereocenters. The van der Waals surface area contributed by atoms with Crippen LogP contribution in [0.4, 0.5) is 4.39 Å². The van der Waals surface area contributed by atoms with Gasteiger partial charge in [0.1, 0.15) is 10.7 Å². The maximum Gasteiger partial charge on any atom is 0.243 e. The molecule has 1 aliphatic carbocycles. The molecule has 2 N–H and O–H groups in total. The molecular formula is C14H21FN2O2S. The molecule has 0 bridgehead atoms. The van der Waals surface area contributed by atoms with E-state index >= 15 is 0 Å². The van der Waals surface area contributed by atoms with Gasteiger partial charge in [-0.25, -0.2) is 17.5 Å². The Bertz CT molecular complexity index is 575. The Morgan fingerprint density at radius 3 is 2.75 bits per heavy atom. The fourth-order valence-electron chi connectivity index (χ4n) is 2.42. The van der Waals surface area contributed by atoms with Crippen LogP contribution in [0.2, 0.25) is 0 Å².